The normalized spacial score (nSPS) is 10.3. The van der Waals surface area contributed by atoms with Crippen LogP contribution in [0.25, 0.3) is 0 Å². The van der Waals surface area contributed by atoms with Crippen molar-refractivity contribution in [3.8, 4) is 6.07 Å². The molecule has 0 aromatic heterocycles. The highest BCUT2D eigenvalue weighted by Crippen LogP contribution is 2.34. The first-order valence-corrected chi connectivity index (χ1v) is 7.19. The fraction of sp³-hybridized carbons (Fsp3) is 0.467. The fourth-order valence-electron chi connectivity index (χ4n) is 2.08. The summed E-state index contributed by atoms with van der Waals surface area (Å²) in [4.78, 5) is 14.1. The minimum Gasteiger partial charge on any atom is -0.462 e. The number of halogens is 1. The second-order valence-corrected chi connectivity index (χ2v) is 5.22. The van der Waals surface area contributed by atoms with Crippen molar-refractivity contribution >= 4 is 28.9 Å². The number of benzene rings is 1. The highest BCUT2D eigenvalue weighted by Gasteiger charge is 2.23. The highest BCUT2D eigenvalue weighted by molar-refractivity contribution is 6.34. The van der Waals surface area contributed by atoms with Crippen LogP contribution < -0.4 is 10.6 Å². The summed E-state index contributed by atoms with van der Waals surface area (Å²) in [5.41, 5.74) is 7.07. The van der Waals surface area contributed by atoms with Gasteiger partial charge in [-0.25, -0.2) is 4.79 Å². The van der Waals surface area contributed by atoms with Crippen molar-refractivity contribution in [1.29, 1.82) is 5.26 Å². The maximum atomic E-state index is 12.1. The SMILES string of the molecule is CCOC(=O)c1cc(N)cc(Cl)c1N(CCC#N)C(C)C. The molecule has 0 unspecified atom stereocenters. The van der Waals surface area contributed by atoms with Crippen LogP contribution >= 0.6 is 11.6 Å². The third-order valence-corrected chi connectivity index (χ3v) is 3.24. The molecule has 0 radical (unpaired) electrons. The van der Waals surface area contributed by atoms with Crippen molar-refractivity contribution in [2.75, 3.05) is 23.8 Å². The van der Waals surface area contributed by atoms with Crippen LogP contribution in [0, 0.1) is 11.3 Å². The highest BCUT2D eigenvalue weighted by atomic mass is 35.5. The van der Waals surface area contributed by atoms with E-state index in [-0.39, 0.29) is 12.6 Å². The zero-order valence-electron chi connectivity index (χ0n) is 12.5. The molecule has 1 aromatic carbocycles. The number of carbonyl (C=O) groups excluding carboxylic acids is 1. The number of hydrogen-bond acceptors (Lipinski definition) is 5. The summed E-state index contributed by atoms with van der Waals surface area (Å²) >= 11 is 6.28. The Balaban J connectivity index is 3.36. The van der Waals surface area contributed by atoms with E-state index in [9.17, 15) is 4.79 Å². The molecule has 0 aliphatic carbocycles. The standard InChI is InChI=1S/C15H20ClN3O2/c1-4-21-15(20)12-8-11(18)9-13(16)14(12)19(10(2)3)7-5-6-17/h8-10H,4-5,7,18H2,1-3H3. The number of nitrogen functional groups attached to an aromatic ring is 1. The quantitative estimate of drug-likeness (QED) is 0.644. The van der Waals surface area contributed by atoms with Crippen LogP contribution in [0.4, 0.5) is 11.4 Å². The van der Waals surface area contributed by atoms with Crippen molar-refractivity contribution in [3.05, 3.63) is 22.7 Å². The molecular weight excluding hydrogens is 290 g/mol. The van der Waals surface area contributed by atoms with Gasteiger partial charge in [0.1, 0.15) is 0 Å². The molecule has 0 saturated carbocycles. The van der Waals surface area contributed by atoms with Gasteiger partial charge in [0.25, 0.3) is 0 Å². The molecule has 0 saturated heterocycles. The van der Waals surface area contributed by atoms with Crippen molar-refractivity contribution in [2.45, 2.75) is 33.2 Å². The van der Waals surface area contributed by atoms with Gasteiger partial charge in [0.05, 0.1) is 35.4 Å². The Labute approximate surface area is 130 Å². The summed E-state index contributed by atoms with van der Waals surface area (Å²) in [6, 6.07) is 5.33. The maximum absolute atomic E-state index is 12.1. The van der Waals surface area contributed by atoms with Crippen molar-refractivity contribution in [1.82, 2.24) is 0 Å². The number of nitrogens with two attached hydrogens (primary N) is 1. The van der Waals surface area contributed by atoms with Gasteiger partial charge in [0.2, 0.25) is 0 Å². The van der Waals surface area contributed by atoms with E-state index >= 15 is 0 Å². The molecular formula is C15H20ClN3O2. The predicted molar refractivity (Wildman–Crippen MR) is 84.5 cm³/mol. The number of rotatable bonds is 6. The summed E-state index contributed by atoms with van der Waals surface area (Å²) < 4.78 is 5.07. The summed E-state index contributed by atoms with van der Waals surface area (Å²) in [6.07, 6.45) is 0.334. The van der Waals surface area contributed by atoms with Gasteiger partial charge in [-0.05, 0) is 32.9 Å². The molecule has 2 N–H and O–H groups in total. The molecule has 1 rings (SSSR count). The first kappa shape index (κ1) is 17.1. The molecule has 0 aliphatic rings. The largest absolute Gasteiger partial charge is 0.462 e. The van der Waals surface area contributed by atoms with Gasteiger partial charge in [0.15, 0.2) is 0 Å². The Morgan fingerprint density at radius 2 is 2.19 bits per heavy atom. The smallest absolute Gasteiger partial charge is 0.340 e. The number of carbonyl (C=O) groups is 1. The zero-order chi connectivity index (χ0) is 16.0. The van der Waals surface area contributed by atoms with Crippen LogP contribution in [0.5, 0.6) is 0 Å². The number of esters is 1. The lowest BCUT2D eigenvalue weighted by molar-refractivity contribution is 0.0527. The van der Waals surface area contributed by atoms with E-state index in [0.29, 0.717) is 34.9 Å². The van der Waals surface area contributed by atoms with E-state index in [0.717, 1.165) is 0 Å². The van der Waals surface area contributed by atoms with Crippen LogP contribution in [-0.4, -0.2) is 25.2 Å². The third kappa shape index (κ3) is 4.27. The molecule has 0 amide bonds. The van der Waals surface area contributed by atoms with Crippen LogP contribution in [0.2, 0.25) is 5.02 Å². The van der Waals surface area contributed by atoms with E-state index in [4.69, 9.17) is 27.3 Å². The summed E-state index contributed by atoms with van der Waals surface area (Å²) in [5.74, 6) is -0.468. The molecule has 0 fully saturated rings. The fourth-order valence-corrected chi connectivity index (χ4v) is 2.41. The van der Waals surface area contributed by atoms with Gasteiger partial charge in [0, 0.05) is 18.3 Å². The molecule has 21 heavy (non-hydrogen) atoms. The van der Waals surface area contributed by atoms with E-state index in [2.05, 4.69) is 6.07 Å². The van der Waals surface area contributed by atoms with Gasteiger partial charge < -0.3 is 15.4 Å². The second kappa shape index (κ2) is 7.75. The number of hydrogen-bond donors (Lipinski definition) is 1. The van der Waals surface area contributed by atoms with Crippen LogP contribution in [-0.2, 0) is 4.74 Å². The van der Waals surface area contributed by atoms with Crippen molar-refractivity contribution < 1.29 is 9.53 Å². The molecule has 1 aromatic rings. The molecule has 0 heterocycles. The monoisotopic (exact) mass is 309 g/mol. The molecule has 5 nitrogen and oxygen atoms in total. The Hall–Kier alpha value is -1.93. The average molecular weight is 310 g/mol. The minimum atomic E-state index is -0.468. The summed E-state index contributed by atoms with van der Waals surface area (Å²) in [5, 5.41) is 9.18. The third-order valence-electron chi connectivity index (χ3n) is 2.96. The van der Waals surface area contributed by atoms with E-state index < -0.39 is 5.97 Å². The number of ether oxygens (including phenoxy) is 1. The Bertz CT molecular complexity index is 553. The van der Waals surface area contributed by atoms with Gasteiger partial charge in [-0.1, -0.05) is 11.6 Å². The molecule has 0 bridgehead atoms. The second-order valence-electron chi connectivity index (χ2n) is 4.81. The van der Waals surface area contributed by atoms with Gasteiger partial charge in [-0.3, -0.25) is 0 Å². The lowest BCUT2D eigenvalue weighted by Gasteiger charge is -2.30. The molecule has 114 valence electrons. The summed E-state index contributed by atoms with van der Waals surface area (Å²) in [7, 11) is 0. The van der Waals surface area contributed by atoms with Crippen LogP contribution in [0.3, 0.4) is 0 Å². The molecule has 0 atom stereocenters. The van der Waals surface area contributed by atoms with Crippen molar-refractivity contribution in [3.63, 3.8) is 0 Å². The lowest BCUT2D eigenvalue weighted by Crippen LogP contribution is -2.33. The zero-order valence-corrected chi connectivity index (χ0v) is 13.3. The maximum Gasteiger partial charge on any atom is 0.340 e. The molecule has 0 aliphatic heterocycles. The average Bonchev–Trinajstić information content (AvgIpc) is 2.40. The van der Waals surface area contributed by atoms with Gasteiger partial charge in [-0.15, -0.1) is 0 Å². The summed E-state index contributed by atoms with van der Waals surface area (Å²) in [6.45, 7) is 6.42. The lowest BCUT2D eigenvalue weighted by atomic mass is 10.1. The molecule has 0 spiro atoms. The van der Waals surface area contributed by atoms with Gasteiger partial charge in [-0.2, -0.15) is 5.26 Å². The van der Waals surface area contributed by atoms with Gasteiger partial charge >= 0.3 is 5.97 Å². The first-order chi connectivity index (χ1) is 9.92. The molecule has 6 heteroatoms. The number of anilines is 2. The van der Waals surface area contributed by atoms with Crippen molar-refractivity contribution in [2.24, 2.45) is 0 Å². The van der Waals surface area contributed by atoms with E-state index in [1.807, 2.05) is 18.7 Å². The first-order valence-electron chi connectivity index (χ1n) is 6.82. The minimum absolute atomic E-state index is 0.0765. The number of nitrogens with zero attached hydrogens (tertiary/aromatic N) is 2. The van der Waals surface area contributed by atoms with E-state index in [1.165, 1.54) is 0 Å². The Kier molecular flexibility index (Phi) is 6.32. The Morgan fingerprint density at radius 3 is 2.71 bits per heavy atom. The van der Waals surface area contributed by atoms with Crippen LogP contribution in [0.1, 0.15) is 37.6 Å². The van der Waals surface area contributed by atoms with Crippen LogP contribution in [0.15, 0.2) is 12.1 Å². The Morgan fingerprint density at radius 1 is 1.52 bits per heavy atom. The topological polar surface area (TPSA) is 79.3 Å². The van der Waals surface area contributed by atoms with E-state index in [1.54, 1.807) is 19.1 Å². The number of nitriles is 1. The predicted octanol–water partition coefficient (Wildman–Crippen LogP) is 3.23.